The number of halogens is 2. The zero-order chi connectivity index (χ0) is 19.6. The van der Waals surface area contributed by atoms with E-state index in [0.717, 1.165) is 22.0 Å². The highest BCUT2D eigenvalue weighted by atomic mass is 32.1. The van der Waals surface area contributed by atoms with E-state index in [1.807, 2.05) is 12.3 Å². The van der Waals surface area contributed by atoms with Gasteiger partial charge in [0, 0.05) is 35.1 Å². The lowest BCUT2D eigenvalue weighted by molar-refractivity contribution is 0.264. The molecule has 0 atom stereocenters. The lowest BCUT2D eigenvalue weighted by atomic mass is 10.0. The van der Waals surface area contributed by atoms with Crippen molar-refractivity contribution in [3.63, 3.8) is 0 Å². The van der Waals surface area contributed by atoms with Gasteiger partial charge in [0.2, 0.25) is 0 Å². The van der Waals surface area contributed by atoms with Crippen LogP contribution in [0.5, 0.6) is 5.75 Å². The van der Waals surface area contributed by atoms with E-state index in [0.29, 0.717) is 11.1 Å². The Morgan fingerprint density at radius 3 is 2.52 bits per heavy atom. The molecule has 0 aliphatic rings. The van der Waals surface area contributed by atoms with E-state index >= 15 is 0 Å². The summed E-state index contributed by atoms with van der Waals surface area (Å²) in [4.78, 5) is 0.0792. The number of hydrogen-bond donors (Lipinski definition) is 3. The van der Waals surface area contributed by atoms with Gasteiger partial charge in [0.1, 0.15) is 10.7 Å². The molecule has 2 aromatic carbocycles. The molecule has 3 rings (SSSR count). The number of phenols is 1. The smallest absolute Gasteiger partial charge is 0.125 e. The lowest BCUT2D eigenvalue weighted by Gasteiger charge is -2.11. The summed E-state index contributed by atoms with van der Waals surface area (Å²) in [5.74, 6) is -0.745. The van der Waals surface area contributed by atoms with Crippen LogP contribution in [0.2, 0.25) is 0 Å². The molecule has 1 aromatic heterocycles. The van der Waals surface area contributed by atoms with Crippen LogP contribution in [0.25, 0.3) is 22.0 Å². The van der Waals surface area contributed by atoms with Gasteiger partial charge in [0.25, 0.3) is 0 Å². The first kappa shape index (κ1) is 19.3. The van der Waals surface area contributed by atoms with Crippen LogP contribution >= 0.6 is 12.2 Å². The van der Waals surface area contributed by atoms with Crippen LogP contribution in [0.15, 0.2) is 42.6 Å². The molecule has 0 aliphatic carbocycles. The van der Waals surface area contributed by atoms with Crippen molar-refractivity contribution >= 4 is 28.1 Å². The van der Waals surface area contributed by atoms with Crippen LogP contribution in [-0.2, 0) is 13.2 Å². The molecular weight excluding hydrogens is 370 g/mol. The number of aromatic hydroxyl groups is 1. The van der Waals surface area contributed by atoms with Crippen molar-refractivity contribution in [3.8, 4) is 16.9 Å². The third-order valence-electron chi connectivity index (χ3n) is 4.59. The molecule has 0 radical (unpaired) electrons. The Labute approximate surface area is 160 Å². The van der Waals surface area contributed by atoms with E-state index in [9.17, 15) is 19.0 Å². The highest BCUT2D eigenvalue weighted by Gasteiger charge is 2.16. The molecule has 0 fully saturated rings. The van der Waals surface area contributed by atoms with E-state index in [-0.39, 0.29) is 23.9 Å². The molecule has 142 valence electrons. The molecule has 27 heavy (non-hydrogen) atoms. The Kier molecular flexibility index (Phi) is 5.72. The van der Waals surface area contributed by atoms with Gasteiger partial charge < -0.3 is 20.5 Å². The van der Waals surface area contributed by atoms with Crippen LogP contribution in [0.1, 0.15) is 11.1 Å². The Hall–Kier alpha value is -2.51. The molecule has 0 aliphatic heterocycles. The van der Waals surface area contributed by atoms with Crippen molar-refractivity contribution < 1.29 is 19.0 Å². The first-order valence-corrected chi connectivity index (χ1v) is 8.87. The molecule has 0 bridgehead atoms. The third-order valence-corrected chi connectivity index (χ3v) is 4.81. The average molecular weight is 390 g/mol. The van der Waals surface area contributed by atoms with Gasteiger partial charge in [-0.1, -0.05) is 30.4 Å². The zero-order valence-electron chi connectivity index (χ0n) is 14.5. The summed E-state index contributed by atoms with van der Waals surface area (Å²) in [5.41, 5.74) is 9.11. The Morgan fingerprint density at radius 1 is 1.15 bits per heavy atom. The molecule has 4 N–H and O–H groups in total. The number of nitrogens with zero attached hydrogens (tertiary/aromatic N) is 1. The largest absolute Gasteiger partial charge is 0.507 e. The number of alkyl halides is 2. The summed E-state index contributed by atoms with van der Waals surface area (Å²) in [7, 11) is 0. The number of hydrogen-bond acceptors (Lipinski definition) is 3. The maximum absolute atomic E-state index is 13.1. The quantitative estimate of drug-likeness (QED) is 0.538. The molecule has 0 saturated heterocycles. The number of aliphatic hydroxyl groups is 1. The monoisotopic (exact) mass is 390 g/mol. The second-order valence-electron chi connectivity index (χ2n) is 6.48. The normalized spacial score (nSPS) is 11.4. The van der Waals surface area contributed by atoms with Crippen molar-refractivity contribution in [2.45, 2.75) is 13.2 Å². The topological polar surface area (TPSA) is 71.4 Å². The molecular formula is C20H20F2N2O2S. The Morgan fingerprint density at radius 2 is 1.89 bits per heavy atom. The van der Waals surface area contributed by atoms with Crippen molar-refractivity contribution in [3.05, 3.63) is 53.7 Å². The minimum atomic E-state index is -0.754. The summed E-state index contributed by atoms with van der Waals surface area (Å²) >= 11 is 4.98. The fraction of sp³-hybridized carbons (Fsp3) is 0.250. The number of aliphatic hydroxyl groups excluding tert-OH is 1. The zero-order valence-corrected chi connectivity index (χ0v) is 15.3. The van der Waals surface area contributed by atoms with Gasteiger partial charge in [0.05, 0.1) is 25.5 Å². The second-order valence-corrected chi connectivity index (χ2v) is 6.92. The standard InChI is InChI=1S/C20H20F2N2O2S/c21-7-13(8-22)9-24-10-17(15-3-1-12(11-25)5-18(15)24)14-2-4-19(26)16(6-14)20(23)27/h1-6,10,13,25-26H,7-9,11H2,(H2,23,27). The number of rotatable bonds is 7. The van der Waals surface area contributed by atoms with E-state index in [1.54, 1.807) is 28.8 Å². The fourth-order valence-electron chi connectivity index (χ4n) is 3.13. The predicted molar refractivity (Wildman–Crippen MR) is 106 cm³/mol. The summed E-state index contributed by atoms with van der Waals surface area (Å²) in [5, 5.41) is 20.2. The minimum Gasteiger partial charge on any atom is -0.507 e. The van der Waals surface area contributed by atoms with E-state index < -0.39 is 19.3 Å². The number of thiocarbonyl (C=S) groups is 1. The highest BCUT2D eigenvalue weighted by Crippen LogP contribution is 2.34. The van der Waals surface area contributed by atoms with Gasteiger partial charge in [0.15, 0.2) is 0 Å². The molecule has 0 amide bonds. The highest BCUT2D eigenvalue weighted by molar-refractivity contribution is 7.80. The van der Waals surface area contributed by atoms with Crippen molar-refractivity contribution in [1.29, 1.82) is 0 Å². The van der Waals surface area contributed by atoms with Crippen molar-refractivity contribution in [2.24, 2.45) is 11.7 Å². The van der Waals surface area contributed by atoms with Crippen molar-refractivity contribution in [1.82, 2.24) is 4.57 Å². The van der Waals surface area contributed by atoms with Gasteiger partial charge in [-0.3, -0.25) is 8.78 Å². The minimum absolute atomic E-state index is 0.00697. The number of fused-ring (bicyclic) bond motifs is 1. The summed E-state index contributed by atoms with van der Waals surface area (Å²) < 4.78 is 27.9. The Balaban J connectivity index is 2.18. The van der Waals surface area contributed by atoms with Gasteiger partial charge in [-0.15, -0.1) is 0 Å². The van der Waals surface area contributed by atoms with Gasteiger partial charge >= 0.3 is 0 Å². The Bertz CT molecular complexity index is 984. The molecule has 0 saturated carbocycles. The molecule has 7 heteroatoms. The first-order chi connectivity index (χ1) is 13.0. The number of nitrogens with two attached hydrogens (primary N) is 1. The van der Waals surface area contributed by atoms with Crippen LogP contribution in [0.3, 0.4) is 0 Å². The van der Waals surface area contributed by atoms with Crippen LogP contribution in [-0.4, -0.2) is 33.1 Å². The van der Waals surface area contributed by atoms with E-state index in [1.165, 1.54) is 6.07 Å². The van der Waals surface area contributed by atoms with Gasteiger partial charge in [-0.05, 0) is 29.3 Å². The van der Waals surface area contributed by atoms with E-state index in [2.05, 4.69) is 0 Å². The fourth-order valence-corrected chi connectivity index (χ4v) is 3.30. The molecule has 4 nitrogen and oxygen atoms in total. The van der Waals surface area contributed by atoms with Crippen LogP contribution < -0.4 is 5.73 Å². The second kappa shape index (κ2) is 8.02. The summed E-state index contributed by atoms with van der Waals surface area (Å²) in [6, 6.07) is 10.4. The molecule has 3 aromatic rings. The number of phenolic OH excluding ortho intramolecular Hbond substituents is 1. The molecule has 0 unspecified atom stereocenters. The maximum atomic E-state index is 13.1. The molecule has 1 heterocycles. The summed E-state index contributed by atoms with van der Waals surface area (Å²) in [6.45, 7) is -1.46. The summed E-state index contributed by atoms with van der Waals surface area (Å²) in [6.07, 6.45) is 1.82. The molecule has 0 spiro atoms. The predicted octanol–water partition coefficient (Wildman–Crippen LogP) is 3.70. The third kappa shape index (κ3) is 3.79. The van der Waals surface area contributed by atoms with Gasteiger partial charge in [-0.25, -0.2) is 0 Å². The number of benzene rings is 2. The van der Waals surface area contributed by atoms with E-state index in [4.69, 9.17) is 18.0 Å². The van der Waals surface area contributed by atoms with Crippen LogP contribution in [0, 0.1) is 5.92 Å². The average Bonchev–Trinajstić information content (AvgIpc) is 3.03. The van der Waals surface area contributed by atoms with Crippen LogP contribution in [0.4, 0.5) is 8.78 Å². The first-order valence-electron chi connectivity index (χ1n) is 8.46. The number of aromatic nitrogens is 1. The SMILES string of the molecule is NC(=S)c1cc(-c2cn(CC(CF)CF)c3cc(CO)ccc23)ccc1O. The lowest BCUT2D eigenvalue weighted by Crippen LogP contribution is -2.14. The maximum Gasteiger partial charge on any atom is 0.125 e. The van der Waals surface area contributed by atoms with Gasteiger partial charge in [-0.2, -0.15) is 0 Å². The van der Waals surface area contributed by atoms with Crippen molar-refractivity contribution in [2.75, 3.05) is 13.3 Å².